The van der Waals surface area contributed by atoms with Crippen molar-refractivity contribution < 1.29 is 0 Å². The summed E-state index contributed by atoms with van der Waals surface area (Å²) in [5.74, 6) is 1.53. The lowest BCUT2D eigenvalue weighted by atomic mass is 9.90. The molecule has 0 saturated heterocycles. The van der Waals surface area contributed by atoms with E-state index < -0.39 is 0 Å². The monoisotopic (exact) mass is 839 g/mol. The molecule has 0 aliphatic carbocycles. The molecule has 0 aliphatic rings. The van der Waals surface area contributed by atoms with E-state index in [9.17, 15) is 10.5 Å². The Hall–Kier alpha value is -9.29. The maximum Gasteiger partial charge on any atom is 0.164 e. The molecule has 0 aliphatic heterocycles. The zero-order valence-electron chi connectivity index (χ0n) is 35.6. The number of hydrogen-bond donors (Lipinski definition) is 0. The van der Waals surface area contributed by atoms with E-state index in [-0.39, 0.29) is 0 Å². The van der Waals surface area contributed by atoms with Crippen LogP contribution in [0.25, 0.3) is 111 Å². The first-order valence-electron chi connectivity index (χ1n) is 21.8. The Morgan fingerprint density at radius 1 is 0.273 bits per heavy atom. The van der Waals surface area contributed by atoms with Crippen molar-refractivity contribution in [2.45, 2.75) is 0 Å². The number of fused-ring (bicyclic) bond motifs is 3. The van der Waals surface area contributed by atoms with Gasteiger partial charge >= 0.3 is 0 Å². The highest BCUT2D eigenvalue weighted by molar-refractivity contribution is 6.08. The Bertz CT molecular complexity index is 3710. The van der Waals surface area contributed by atoms with Gasteiger partial charge in [0.25, 0.3) is 0 Å². The summed E-state index contributed by atoms with van der Waals surface area (Å²) in [7, 11) is 0. The fourth-order valence-electron chi connectivity index (χ4n) is 8.88. The molecule has 0 bridgehead atoms. The number of aromatic nitrogens is 3. The lowest BCUT2D eigenvalue weighted by Gasteiger charge is -2.13. The molecule has 0 unspecified atom stereocenters. The molecule has 5 nitrogen and oxygen atoms in total. The third-order valence-corrected chi connectivity index (χ3v) is 12.2. The quantitative estimate of drug-likeness (QED) is 0.142. The minimum Gasteiger partial charge on any atom is -0.208 e. The Morgan fingerprint density at radius 3 is 1.42 bits per heavy atom. The van der Waals surface area contributed by atoms with Gasteiger partial charge in [-0.3, -0.25) is 0 Å². The number of rotatable bonds is 8. The van der Waals surface area contributed by atoms with Crippen molar-refractivity contribution >= 4 is 21.5 Å². The molecule has 11 aromatic rings. The molecule has 306 valence electrons. The molecular formula is C61H37N5. The summed E-state index contributed by atoms with van der Waals surface area (Å²) < 4.78 is 0. The van der Waals surface area contributed by atoms with Gasteiger partial charge in [0.1, 0.15) is 6.07 Å². The summed E-state index contributed by atoms with van der Waals surface area (Å²) in [4.78, 5) is 14.9. The Morgan fingerprint density at radius 2 is 0.727 bits per heavy atom. The number of hydrogen-bond acceptors (Lipinski definition) is 5. The molecular weight excluding hydrogens is 803 g/mol. The highest BCUT2D eigenvalue weighted by Crippen LogP contribution is 2.37. The Labute approximate surface area is 382 Å². The standard InChI is InChI=1S/C61H37N5/c62-38-52-36-51(32-33-53(52)41-12-3-1-4-13-41)61-65-59(45-15-5-2-6-16-45)64-60(66-61)50-20-10-18-47(35-50)46-17-9-19-49(34-46)56-23-11-22-55(58(56)39-63)43-26-24-40(25-27-43)48-31-30-44-29-28-42-14-7-8-21-54(42)57(44)37-48/h1-37H. The van der Waals surface area contributed by atoms with Gasteiger partial charge in [-0.25, -0.2) is 15.0 Å². The normalized spacial score (nSPS) is 11.0. The summed E-state index contributed by atoms with van der Waals surface area (Å²) in [6.07, 6.45) is 0. The van der Waals surface area contributed by atoms with Crippen LogP contribution < -0.4 is 0 Å². The van der Waals surface area contributed by atoms with Crippen LogP contribution in [0.1, 0.15) is 11.1 Å². The van der Waals surface area contributed by atoms with Crippen LogP contribution >= 0.6 is 0 Å². The molecule has 1 aromatic heterocycles. The second-order valence-electron chi connectivity index (χ2n) is 16.2. The Balaban J connectivity index is 0.923. The first kappa shape index (κ1) is 39.5. The SMILES string of the molecule is N#Cc1cc(-c2nc(-c3ccccc3)nc(-c3cccc(-c4cccc(-c5cccc(-c6ccc(-c7ccc8ccc9ccccc9c8c7)cc6)c5C#N)c4)c3)n2)ccc1-c1ccccc1. The van der Waals surface area contributed by atoms with E-state index in [1.807, 2.05) is 115 Å². The van der Waals surface area contributed by atoms with E-state index in [0.29, 0.717) is 28.6 Å². The lowest BCUT2D eigenvalue weighted by molar-refractivity contribution is 1.07. The van der Waals surface area contributed by atoms with Gasteiger partial charge in [0.05, 0.1) is 17.2 Å². The average molecular weight is 840 g/mol. The molecule has 1 heterocycles. The van der Waals surface area contributed by atoms with Crippen molar-refractivity contribution in [2.24, 2.45) is 0 Å². The molecule has 0 radical (unpaired) electrons. The van der Waals surface area contributed by atoms with E-state index in [2.05, 4.69) is 121 Å². The second-order valence-corrected chi connectivity index (χ2v) is 16.2. The number of nitrogens with zero attached hydrogens (tertiary/aromatic N) is 5. The fraction of sp³-hybridized carbons (Fsp3) is 0. The highest BCUT2D eigenvalue weighted by atomic mass is 15.0. The van der Waals surface area contributed by atoms with Crippen molar-refractivity contribution in [1.29, 1.82) is 10.5 Å². The zero-order chi connectivity index (χ0) is 44.4. The summed E-state index contributed by atoms with van der Waals surface area (Å²) in [6, 6.07) is 81.1. The van der Waals surface area contributed by atoms with E-state index in [1.54, 1.807) is 0 Å². The third kappa shape index (κ3) is 7.54. The van der Waals surface area contributed by atoms with Crippen LogP contribution in [-0.2, 0) is 0 Å². The molecule has 5 heteroatoms. The van der Waals surface area contributed by atoms with Crippen LogP contribution in [0.5, 0.6) is 0 Å². The predicted octanol–water partition coefficient (Wildman–Crippen LogP) is 15.3. The van der Waals surface area contributed by atoms with Crippen LogP contribution in [0.2, 0.25) is 0 Å². The summed E-state index contributed by atoms with van der Waals surface area (Å²) in [6.45, 7) is 0. The molecule has 0 saturated carbocycles. The third-order valence-electron chi connectivity index (χ3n) is 12.2. The lowest BCUT2D eigenvalue weighted by Crippen LogP contribution is -2.00. The zero-order valence-corrected chi connectivity index (χ0v) is 35.6. The maximum absolute atomic E-state index is 10.7. The first-order valence-corrected chi connectivity index (χ1v) is 21.8. The highest BCUT2D eigenvalue weighted by Gasteiger charge is 2.17. The second kappa shape index (κ2) is 17.1. The minimum atomic E-state index is 0.475. The number of nitriles is 2. The molecule has 10 aromatic carbocycles. The van der Waals surface area contributed by atoms with Gasteiger partial charge in [-0.1, -0.05) is 200 Å². The van der Waals surface area contributed by atoms with Crippen LogP contribution in [0, 0.1) is 22.7 Å². The summed E-state index contributed by atoms with van der Waals surface area (Å²) in [5.41, 5.74) is 13.3. The van der Waals surface area contributed by atoms with Gasteiger partial charge in [0, 0.05) is 27.8 Å². The van der Waals surface area contributed by atoms with Crippen molar-refractivity contribution in [3.63, 3.8) is 0 Å². The molecule has 66 heavy (non-hydrogen) atoms. The first-order chi connectivity index (χ1) is 32.6. The van der Waals surface area contributed by atoms with Crippen molar-refractivity contribution in [2.75, 3.05) is 0 Å². The van der Waals surface area contributed by atoms with Crippen molar-refractivity contribution in [1.82, 2.24) is 15.0 Å². The fourth-order valence-corrected chi connectivity index (χ4v) is 8.88. The van der Waals surface area contributed by atoms with E-state index in [1.165, 1.54) is 21.5 Å². The van der Waals surface area contributed by atoms with Crippen LogP contribution in [0.4, 0.5) is 0 Å². The predicted molar refractivity (Wildman–Crippen MR) is 268 cm³/mol. The van der Waals surface area contributed by atoms with Gasteiger partial charge in [-0.05, 0) is 90.3 Å². The molecule has 0 atom stereocenters. The summed E-state index contributed by atoms with van der Waals surface area (Å²) in [5, 5.41) is 25.8. The molecule has 0 spiro atoms. The van der Waals surface area contributed by atoms with E-state index in [0.717, 1.165) is 72.3 Å². The number of benzene rings is 10. The van der Waals surface area contributed by atoms with Gasteiger partial charge < -0.3 is 0 Å². The topological polar surface area (TPSA) is 86.2 Å². The maximum atomic E-state index is 10.7. The molecule has 11 rings (SSSR count). The smallest absolute Gasteiger partial charge is 0.164 e. The van der Waals surface area contributed by atoms with Crippen LogP contribution in [0.3, 0.4) is 0 Å². The van der Waals surface area contributed by atoms with Gasteiger partial charge in [0.15, 0.2) is 17.5 Å². The average Bonchev–Trinajstić information content (AvgIpc) is 3.40. The van der Waals surface area contributed by atoms with E-state index in [4.69, 9.17) is 15.0 Å². The summed E-state index contributed by atoms with van der Waals surface area (Å²) >= 11 is 0. The molecule has 0 N–H and O–H groups in total. The van der Waals surface area contributed by atoms with Crippen molar-refractivity contribution in [3.05, 3.63) is 236 Å². The van der Waals surface area contributed by atoms with Gasteiger partial charge in [-0.15, -0.1) is 0 Å². The minimum absolute atomic E-state index is 0.475. The Kier molecular flexibility index (Phi) is 10.3. The van der Waals surface area contributed by atoms with Crippen molar-refractivity contribution in [3.8, 4) is 102 Å². The largest absolute Gasteiger partial charge is 0.208 e. The van der Waals surface area contributed by atoms with E-state index >= 15 is 0 Å². The van der Waals surface area contributed by atoms with Gasteiger partial charge in [0.2, 0.25) is 0 Å². The molecule has 0 fully saturated rings. The van der Waals surface area contributed by atoms with Gasteiger partial charge in [-0.2, -0.15) is 10.5 Å². The molecule has 0 amide bonds. The van der Waals surface area contributed by atoms with Crippen LogP contribution in [0.15, 0.2) is 224 Å². The van der Waals surface area contributed by atoms with Crippen LogP contribution in [-0.4, -0.2) is 15.0 Å².